The van der Waals surface area contributed by atoms with Gasteiger partial charge in [0.2, 0.25) is 9.84 Å². The highest BCUT2D eigenvalue weighted by molar-refractivity contribution is 7.91. The smallest absolute Gasteiger partial charge is 0.207 e. The Morgan fingerprint density at radius 2 is 1.92 bits per heavy atom. The molecule has 0 bridgehead atoms. The lowest BCUT2D eigenvalue weighted by molar-refractivity contribution is 0.0798. The van der Waals surface area contributed by atoms with Crippen molar-refractivity contribution >= 4 is 27.2 Å². The van der Waals surface area contributed by atoms with E-state index in [0.29, 0.717) is 18.0 Å². The molecule has 1 aliphatic rings. The first-order chi connectivity index (χ1) is 12.4. The second-order valence-corrected chi connectivity index (χ2v) is 9.10. The van der Waals surface area contributed by atoms with Crippen LogP contribution in [0.4, 0.5) is 0 Å². The molecule has 138 valence electrons. The summed E-state index contributed by atoms with van der Waals surface area (Å²) in [5.74, 6) is -0.115. The Morgan fingerprint density at radius 1 is 1.19 bits per heavy atom. The number of carbonyl (C=O) groups excluding carboxylic acids is 1. The summed E-state index contributed by atoms with van der Waals surface area (Å²) in [6.07, 6.45) is 2.31. The molecule has 1 atom stereocenters. The van der Waals surface area contributed by atoms with Crippen molar-refractivity contribution in [3.8, 4) is 0 Å². The van der Waals surface area contributed by atoms with Gasteiger partial charge in [0.05, 0.1) is 9.79 Å². The summed E-state index contributed by atoms with van der Waals surface area (Å²) in [5.41, 5.74) is -0.320. The monoisotopic (exact) mass is 391 g/mol. The third kappa shape index (κ3) is 3.43. The van der Waals surface area contributed by atoms with E-state index in [1.807, 2.05) is 6.92 Å². The van der Waals surface area contributed by atoms with Gasteiger partial charge in [-0.2, -0.15) is 0 Å². The quantitative estimate of drug-likeness (QED) is 0.752. The largest absolute Gasteiger partial charge is 0.316 e. The maximum atomic E-state index is 13.4. The van der Waals surface area contributed by atoms with E-state index < -0.39 is 15.3 Å². The number of carbonyl (C=O) groups is 1. The molecule has 0 spiro atoms. The number of halogens is 1. The molecule has 4 nitrogen and oxygen atoms in total. The minimum Gasteiger partial charge on any atom is -0.316 e. The maximum absolute atomic E-state index is 13.4. The minimum absolute atomic E-state index is 0.0106. The van der Waals surface area contributed by atoms with Crippen molar-refractivity contribution in [1.82, 2.24) is 5.32 Å². The highest BCUT2D eigenvalue weighted by atomic mass is 35.5. The molecule has 0 saturated carbocycles. The van der Waals surface area contributed by atoms with Crippen LogP contribution in [-0.4, -0.2) is 27.3 Å². The highest BCUT2D eigenvalue weighted by Crippen LogP contribution is 2.38. The van der Waals surface area contributed by atoms with Gasteiger partial charge >= 0.3 is 0 Å². The fourth-order valence-electron chi connectivity index (χ4n) is 3.66. The average Bonchev–Trinajstić information content (AvgIpc) is 3.12. The van der Waals surface area contributed by atoms with Crippen LogP contribution in [0.5, 0.6) is 0 Å². The Balaban J connectivity index is 2.14. The predicted molar refractivity (Wildman–Crippen MR) is 103 cm³/mol. The van der Waals surface area contributed by atoms with Gasteiger partial charge < -0.3 is 5.32 Å². The number of sulfone groups is 1. The molecule has 1 fully saturated rings. The first-order valence-corrected chi connectivity index (χ1v) is 10.6. The van der Waals surface area contributed by atoms with Crippen molar-refractivity contribution in [2.75, 3.05) is 13.1 Å². The van der Waals surface area contributed by atoms with E-state index in [2.05, 4.69) is 5.32 Å². The molecule has 1 N–H and O–H groups in total. The number of nitrogens with one attached hydrogen (secondary N) is 1. The molecule has 0 radical (unpaired) electrons. The van der Waals surface area contributed by atoms with Gasteiger partial charge in [-0.25, -0.2) is 8.42 Å². The van der Waals surface area contributed by atoms with Crippen molar-refractivity contribution in [3.05, 3.63) is 59.1 Å². The highest BCUT2D eigenvalue weighted by Gasteiger charge is 2.42. The van der Waals surface area contributed by atoms with Gasteiger partial charge in [-0.1, -0.05) is 43.1 Å². The summed E-state index contributed by atoms with van der Waals surface area (Å²) >= 11 is 6.08. The zero-order valence-corrected chi connectivity index (χ0v) is 16.2. The van der Waals surface area contributed by atoms with Gasteiger partial charge in [0.15, 0.2) is 5.78 Å². The van der Waals surface area contributed by atoms with Crippen molar-refractivity contribution in [2.24, 2.45) is 5.41 Å². The Bertz CT molecular complexity index is 904. The summed E-state index contributed by atoms with van der Waals surface area (Å²) in [5, 5.41) is 3.55. The lowest BCUT2D eigenvalue weighted by atomic mass is 9.76. The first-order valence-electron chi connectivity index (χ1n) is 8.76. The molecule has 6 heteroatoms. The normalized spacial score (nSPS) is 20.2. The Labute approximate surface area is 159 Å². The van der Waals surface area contributed by atoms with Crippen LogP contribution in [0.2, 0.25) is 5.02 Å². The SMILES string of the molecule is CCCC1(C(=O)c2ccc(Cl)cc2S(=O)(=O)c2ccccc2)CCNC1. The summed E-state index contributed by atoms with van der Waals surface area (Å²) in [4.78, 5) is 13.6. The van der Waals surface area contributed by atoms with Crippen LogP contribution < -0.4 is 5.32 Å². The summed E-state index contributed by atoms with van der Waals surface area (Å²) in [7, 11) is -3.83. The number of rotatable bonds is 6. The van der Waals surface area contributed by atoms with Crippen LogP contribution in [0.15, 0.2) is 58.3 Å². The molecule has 0 amide bonds. The maximum Gasteiger partial charge on any atom is 0.207 e. The van der Waals surface area contributed by atoms with Gasteiger partial charge in [0.1, 0.15) is 0 Å². The average molecular weight is 392 g/mol. The van der Waals surface area contributed by atoms with Gasteiger partial charge in [0, 0.05) is 22.5 Å². The summed E-state index contributed by atoms with van der Waals surface area (Å²) in [6.45, 7) is 3.38. The van der Waals surface area contributed by atoms with Crippen molar-refractivity contribution in [3.63, 3.8) is 0 Å². The van der Waals surface area contributed by atoms with E-state index in [-0.39, 0.29) is 21.1 Å². The van der Waals surface area contributed by atoms with Gasteiger partial charge in [0.25, 0.3) is 0 Å². The number of Topliss-reactive ketones (excluding diaryl/α,β-unsaturated/α-hetero) is 1. The predicted octanol–water partition coefficient (Wildman–Crippen LogP) is 4.14. The number of hydrogen-bond acceptors (Lipinski definition) is 4. The molecular weight excluding hydrogens is 370 g/mol. The van der Waals surface area contributed by atoms with Crippen LogP contribution in [0.1, 0.15) is 36.5 Å². The lowest BCUT2D eigenvalue weighted by Gasteiger charge is -2.27. The van der Waals surface area contributed by atoms with Gasteiger partial charge in [-0.15, -0.1) is 0 Å². The van der Waals surface area contributed by atoms with Crippen molar-refractivity contribution < 1.29 is 13.2 Å². The molecule has 0 aliphatic carbocycles. The van der Waals surface area contributed by atoms with Crippen LogP contribution in [0.25, 0.3) is 0 Å². The molecule has 2 aromatic rings. The van der Waals surface area contributed by atoms with E-state index in [4.69, 9.17) is 11.6 Å². The molecule has 26 heavy (non-hydrogen) atoms. The topological polar surface area (TPSA) is 63.2 Å². The summed E-state index contributed by atoms with van der Waals surface area (Å²) in [6, 6.07) is 12.7. The van der Waals surface area contributed by atoms with Crippen LogP contribution in [0, 0.1) is 5.41 Å². The molecule has 1 saturated heterocycles. The van der Waals surface area contributed by atoms with Crippen molar-refractivity contribution in [1.29, 1.82) is 0 Å². The number of hydrogen-bond donors (Lipinski definition) is 1. The first kappa shape index (κ1) is 19.1. The number of benzene rings is 2. The van der Waals surface area contributed by atoms with Crippen LogP contribution in [0.3, 0.4) is 0 Å². The zero-order valence-electron chi connectivity index (χ0n) is 14.7. The lowest BCUT2D eigenvalue weighted by Crippen LogP contribution is -2.34. The van der Waals surface area contributed by atoms with Crippen LogP contribution >= 0.6 is 11.6 Å². The molecule has 1 heterocycles. The Morgan fingerprint density at radius 3 is 2.54 bits per heavy atom. The second-order valence-electron chi connectivity index (χ2n) is 6.74. The third-order valence-electron chi connectivity index (χ3n) is 4.99. The molecule has 0 aromatic heterocycles. The van der Waals surface area contributed by atoms with E-state index in [9.17, 15) is 13.2 Å². The fraction of sp³-hybridized carbons (Fsp3) is 0.350. The zero-order chi connectivity index (χ0) is 18.8. The number of ketones is 1. The standard InChI is InChI=1S/C20H22ClNO3S/c1-2-10-20(11-12-22-14-20)19(23)17-9-8-15(21)13-18(17)26(24,25)16-6-4-3-5-7-16/h3-9,13,22H,2,10-12,14H2,1H3. The molecule has 1 aliphatic heterocycles. The third-order valence-corrected chi connectivity index (χ3v) is 7.03. The van der Waals surface area contributed by atoms with Crippen LogP contribution in [-0.2, 0) is 9.84 Å². The molecule has 3 rings (SSSR count). The Kier molecular flexibility index (Phi) is 5.51. The second kappa shape index (κ2) is 7.51. The van der Waals surface area contributed by atoms with Gasteiger partial charge in [-0.05, 0) is 49.7 Å². The minimum atomic E-state index is -3.83. The van der Waals surface area contributed by atoms with E-state index >= 15 is 0 Å². The fourth-order valence-corrected chi connectivity index (χ4v) is 5.40. The molecular formula is C20H22ClNO3S. The van der Waals surface area contributed by atoms with E-state index in [1.54, 1.807) is 30.3 Å². The molecule has 2 aromatic carbocycles. The summed E-state index contributed by atoms with van der Waals surface area (Å²) < 4.78 is 26.3. The van der Waals surface area contributed by atoms with Crippen molar-refractivity contribution in [2.45, 2.75) is 36.0 Å². The molecule has 1 unspecified atom stereocenters. The van der Waals surface area contributed by atoms with E-state index in [0.717, 1.165) is 19.4 Å². The Hall–Kier alpha value is -1.69. The van der Waals surface area contributed by atoms with E-state index in [1.165, 1.54) is 18.2 Å². The van der Waals surface area contributed by atoms with Gasteiger partial charge in [-0.3, -0.25) is 4.79 Å².